The van der Waals surface area contributed by atoms with Gasteiger partial charge >= 0.3 is 289 Å². The van der Waals surface area contributed by atoms with Crippen molar-refractivity contribution in [2.24, 2.45) is 23.7 Å². The summed E-state index contributed by atoms with van der Waals surface area (Å²) in [6.07, 6.45) is 19.2. The van der Waals surface area contributed by atoms with Crippen molar-refractivity contribution in [1.82, 2.24) is 0 Å². The molecule has 0 spiro atoms. The van der Waals surface area contributed by atoms with Crippen LogP contribution in [0.15, 0.2) is 0 Å². The molecule has 0 radical (unpaired) electrons. The van der Waals surface area contributed by atoms with Crippen LogP contribution < -0.4 is 0 Å². The van der Waals surface area contributed by atoms with Crippen molar-refractivity contribution in [1.29, 1.82) is 0 Å². The second-order valence-electron chi connectivity index (χ2n) is 12.8. The van der Waals surface area contributed by atoms with Crippen LogP contribution in [-0.4, -0.2) is 36.2 Å². The molecule has 0 rings (SSSR count). The number of unbranched alkanes of at least 4 members (excludes halogenated alkanes) is 4. The fourth-order valence-electron chi connectivity index (χ4n) is 4.92. The molecular formula is C35H76O7Ti2. The molecule has 0 saturated heterocycles. The van der Waals surface area contributed by atoms with E-state index in [0.717, 1.165) is 25.7 Å². The molecule has 4 atom stereocenters. The Balaban J connectivity index is 0. The molecule has 266 valence electrons. The molecule has 1 N–H and O–H groups in total. The fourth-order valence-corrected chi connectivity index (χ4v) is 9.08. The molecule has 44 heavy (non-hydrogen) atoms. The second-order valence-corrected chi connectivity index (χ2v) is 17.4. The summed E-state index contributed by atoms with van der Waals surface area (Å²) in [6.45, 7) is 24.5. The van der Waals surface area contributed by atoms with E-state index >= 15 is 0 Å². The Labute approximate surface area is 287 Å². The van der Waals surface area contributed by atoms with Gasteiger partial charge < -0.3 is 0 Å². The van der Waals surface area contributed by atoms with Crippen molar-refractivity contribution in [2.75, 3.05) is 26.4 Å². The van der Waals surface area contributed by atoms with Crippen molar-refractivity contribution in [3.05, 3.63) is 0 Å². The first-order chi connectivity index (χ1) is 21.1. The molecule has 0 heterocycles. The van der Waals surface area contributed by atoms with E-state index in [0.29, 0.717) is 50.1 Å². The average Bonchev–Trinajstić information content (AvgIpc) is 3.00. The van der Waals surface area contributed by atoms with Crippen LogP contribution in [0.1, 0.15) is 172 Å². The van der Waals surface area contributed by atoms with Crippen LogP contribution in [0.3, 0.4) is 0 Å². The number of hydrogen-bond donors (Lipinski definition) is 1. The van der Waals surface area contributed by atoms with Crippen LogP contribution in [0.5, 0.6) is 0 Å². The summed E-state index contributed by atoms with van der Waals surface area (Å²) < 4.78 is 49.6. The fraction of sp³-hybridized carbons (Fsp3) is 1.00. The van der Waals surface area contributed by atoms with Gasteiger partial charge in [0.1, 0.15) is 0 Å². The van der Waals surface area contributed by atoms with Crippen LogP contribution in [-0.2, 0) is 56.7 Å². The minimum atomic E-state index is -3.93. The van der Waals surface area contributed by atoms with Gasteiger partial charge in [-0.15, -0.1) is 0 Å². The normalized spacial score (nSPS) is 15.7. The Bertz CT molecular complexity index is 538. The minimum absolute atomic E-state index is 0.113. The predicted molar refractivity (Wildman–Crippen MR) is 176 cm³/mol. The second kappa shape index (κ2) is 32.5. The van der Waals surface area contributed by atoms with Crippen molar-refractivity contribution in [3.63, 3.8) is 0 Å². The summed E-state index contributed by atoms with van der Waals surface area (Å²) in [5.41, 5.74) is 0. The van der Waals surface area contributed by atoms with Crippen molar-refractivity contribution in [2.45, 2.75) is 178 Å². The van der Waals surface area contributed by atoms with Crippen LogP contribution >= 0.6 is 0 Å². The summed E-state index contributed by atoms with van der Waals surface area (Å²) >= 11 is -7.13. The van der Waals surface area contributed by atoms with Crippen LogP contribution in [0, 0.1) is 23.7 Å². The van der Waals surface area contributed by atoms with Gasteiger partial charge in [0.05, 0.1) is 0 Å². The molecule has 4 unspecified atom stereocenters. The third-order valence-electron chi connectivity index (χ3n) is 8.49. The molecule has 0 aromatic rings. The molecule has 0 bridgehead atoms. The first kappa shape index (κ1) is 47.1. The molecule has 0 aromatic heterocycles. The molecule has 0 aliphatic heterocycles. The Hall–Kier alpha value is 0.989. The van der Waals surface area contributed by atoms with Crippen molar-refractivity contribution < 1.29 is 60.4 Å². The molecule has 7 nitrogen and oxygen atoms in total. The quantitative estimate of drug-likeness (QED) is 0.0745. The van der Waals surface area contributed by atoms with Crippen LogP contribution in [0.25, 0.3) is 0 Å². The van der Waals surface area contributed by atoms with Crippen molar-refractivity contribution in [3.8, 4) is 0 Å². The average molecular weight is 705 g/mol. The summed E-state index contributed by atoms with van der Waals surface area (Å²) in [5, 5.41) is 0. The maximum absolute atomic E-state index is 9.84. The Morgan fingerprint density at radius 1 is 0.523 bits per heavy atom. The Kier molecular flexibility index (Phi) is 34.8. The standard InChI is InChI=1S/4C8H17O.C3H7O.H2O.O.2Ti/c4*1-3-5-6-8(4-2)7-9;1-3(2)4;;;;/h4*8H,3-7H2,1-2H3;3H,1-2H3;1H2;;;/q5*-1;;;+2;+4/p-1. The predicted octanol–water partition coefficient (Wildman–Crippen LogP) is 10.9. The van der Waals surface area contributed by atoms with E-state index in [1.54, 1.807) is 13.8 Å². The molecule has 0 saturated carbocycles. The van der Waals surface area contributed by atoms with Gasteiger partial charge in [0.15, 0.2) is 0 Å². The summed E-state index contributed by atoms with van der Waals surface area (Å²) in [4.78, 5) is 0. The molecule has 0 amide bonds. The molecule has 0 aliphatic carbocycles. The van der Waals surface area contributed by atoms with Gasteiger partial charge in [-0.2, -0.15) is 0 Å². The van der Waals surface area contributed by atoms with Gasteiger partial charge in [0, 0.05) is 0 Å². The third kappa shape index (κ3) is 27.0. The van der Waals surface area contributed by atoms with Crippen LogP contribution in [0.4, 0.5) is 0 Å². The van der Waals surface area contributed by atoms with Gasteiger partial charge in [-0.1, -0.05) is 0 Å². The summed E-state index contributed by atoms with van der Waals surface area (Å²) in [7, 11) is 0. The molecular weight excluding hydrogens is 628 g/mol. The molecule has 0 aromatic carbocycles. The zero-order valence-electron chi connectivity index (χ0n) is 30.9. The van der Waals surface area contributed by atoms with E-state index in [9.17, 15) is 3.32 Å². The van der Waals surface area contributed by atoms with E-state index in [1.165, 1.54) is 77.0 Å². The monoisotopic (exact) mass is 704 g/mol. The Morgan fingerprint density at radius 3 is 0.909 bits per heavy atom. The molecule has 0 aliphatic rings. The summed E-state index contributed by atoms with van der Waals surface area (Å²) in [5.74, 6) is 2.19. The van der Waals surface area contributed by atoms with Gasteiger partial charge in [0.2, 0.25) is 0 Å². The molecule has 0 fully saturated rings. The number of rotatable bonds is 30. The van der Waals surface area contributed by atoms with E-state index < -0.39 is 36.8 Å². The summed E-state index contributed by atoms with van der Waals surface area (Å²) in [6, 6.07) is 0. The van der Waals surface area contributed by atoms with Gasteiger partial charge in [-0.3, -0.25) is 0 Å². The Morgan fingerprint density at radius 2 is 0.773 bits per heavy atom. The van der Waals surface area contributed by atoms with Gasteiger partial charge in [-0.25, -0.2) is 0 Å². The van der Waals surface area contributed by atoms with Crippen LogP contribution in [0.2, 0.25) is 0 Å². The first-order valence-electron chi connectivity index (χ1n) is 18.5. The zero-order valence-corrected chi connectivity index (χ0v) is 34.0. The van der Waals surface area contributed by atoms with Crippen molar-refractivity contribution >= 4 is 0 Å². The van der Waals surface area contributed by atoms with E-state index in [4.69, 9.17) is 17.0 Å². The van der Waals surface area contributed by atoms with E-state index in [-0.39, 0.29) is 6.10 Å². The van der Waals surface area contributed by atoms with E-state index in [2.05, 4.69) is 58.7 Å². The zero-order chi connectivity index (χ0) is 33.6. The van der Waals surface area contributed by atoms with Gasteiger partial charge in [0.25, 0.3) is 0 Å². The van der Waals surface area contributed by atoms with Gasteiger partial charge in [-0.05, 0) is 0 Å². The maximum atomic E-state index is 9.84. The first-order valence-corrected chi connectivity index (χ1v) is 23.1. The SMILES string of the molecule is CC(C)[O][Ti](=[O])[OH].CCCCC(CC)C[O][Ti]([O]CC(CC)CCCC)([O]CC(CC)CCCC)[O]CC(CC)CCCC. The topological polar surface area (TPSA) is 83.5 Å². The third-order valence-corrected chi connectivity index (χ3v) is 12.8. The number of hydrogen-bond acceptors (Lipinski definition) is 6. The van der Waals surface area contributed by atoms with E-state index in [1.807, 2.05) is 0 Å². The molecule has 9 heteroatoms.